The fourth-order valence-corrected chi connectivity index (χ4v) is 2.45. The van der Waals surface area contributed by atoms with Gasteiger partial charge in [0.2, 0.25) is 5.89 Å². The molecule has 0 bridgehead atoms. The van der Waals surface area contributed by atoms with Crippen molar-refractivity contribution in [2.24, 2.45) is 7.05 Å². The maximum atomic E-state index is 5.35. The van der Waals surface area contributed by atoms with Crippen LogP contribution in [0.1, 0.15) is 23.3 Å². The van der Waals surface area contributed by atoms with Crippen molar-refractivity contribution in [2.75, 3.05) is 26.7 Å². The first-order valence-corrected chi connectivity index (χ1v) is 6.93. The molecule has 3 rings (SSSR count). The molecule has 1 aliphatic rings. The second-order valence-corrected chi connectivity index (χ2v) is 5.27. The number of aromatic nitrogens is 4. The van der Waals surface area contributed by atoms with Gasteiger partial charge in [-0.3, -0.25) is 9.58 Å². The molecule has 1 unspecified atom stereocenters. The zero-order valence-corrected chi connectivity index (χ0v) is 13.1. The van der Waals surface area contributed by atoms with Crippen molar-refractivity contribution in [1.29, 1.82) is 0 Å². The number of likely N-dealkylation sites (N-methyl/N-ethyl adjacent to an activating group) is 1. The van der Waals surface area contributed by atoms with Crippen LogP contribution in [-0.2, 0) is 19.9 Å². The Balaban J connectivity index is 0.00000161. The number of rotatable bonds is 4. The first kappa shape index (κ1) is 15.9. The van der Waals surface area contributed by atoms with Crippen LogP contribution in [0.2, 0.25) is 0 Å². The highest BCUT2D eigenvalue weighted by Gasteiger charge is 2.25. The van der Waals surface area contributed by atoms with Gasteiger partial charge in [-0.1, -0.05) is 5.16 Å². The molecule has 2 aromatic rings. The van der Waals surface area contributed by atoms with Crippen molar-refractivity contribution in [2.45, 2.75) is 18.9 Å². The van der Waals surface area contributed by atoms with Crippen molar-refractivity contribution >= 4 is 12.4 Å². The van der Waals surface area contributed by atoms with Crippen molar-refractivity contribution in [3.63, 3.8) is 0 Å². The van der Waals surface area contributed by atoms with Gasteiger partial charge in [0.15, 0.2) is 5.82 Å². The van der Waals surface area contributed by atoms with E-state index < -0.39 is 0 Å². The molecule has 1 N–H and O–H groups in total. The van der Waals surface area contributed by atoms with E-state index in [1.807, 2.05) is 19.4 Å². The van der Waals surface area contributed by atoms with E-state index in [1.165, 1.54) is 5.56 Å². The van der Waals surface area contributed by atoms with Crippen LogP contribution in [0.4, 0.5) is 0 Å². The predicted molar refractivity (Wildman–Crippen MR) is 80.4 cm³/mol. The zero-order chi connectivity index (χ0) is 13.9. The lowest BCUT2D eigenvalue weighted by molar-refractivity contribution is 0.190. The summed E-state index contributed by atoms with van der Waals surface area (Å²) in [5, 5.41) is 11.6. The Hall–Kier alpha value is -1.44. The zero-order valence-electron chi connectivity index (χ0n) is 12.3. The summed E-state index contributed by atoms with van der Waals surface area (Å²) in [4.78, 5) is 6.78. The van der Waals surface area contributed by atoms with E-state index in [1.54, 1.807) is 4.68 Å². The number of halogens is 1. The molecule has 2 aromatic heterocycles. The minimum absolute atomic E-state index is 0. The van der Waals surface area contributed by atoms with Crippen LogP contribution in [0, 0.1) is 0 Å². The van der Waals surface area contributed by atoms with Gasteiger partial charge in [-0.15, -0.1) is 12.4 Å². The van der Waals surface area contributed by atoms with E-state index in [2.05, 4.69) is 32.5 Å². The summed E-state index contributed by atoms with van der Waals surface area (Å²) < 4.78 is 7.15. The fraction of sp³-hybridized carbons (Fsp3) is 0.615. The lowest BCUT2D eigenvalue weighted by Crippen LogP contribution is -2.44. The molecule has 0 aromatic carbocycles. The largest absolute Gasteiger partial charge is 0.339 e. The van der Waals surface area contributed by atoms with E-state index in [4.69, 9.17) is 4.52 Å². The standard InChI is InChI=1S/C13H20N6O.ClH/c1-18-6-5-14-8-11(18)13-16-12(20-17-13)4-3-10-7-15-19(2)9-10;/h7,9,11,14H,3-6,8H2,1-2H3;1H. The van der Waals surface area contributed by atoms with Crippen molar-refractivity contribution in [1.82, 2.24) is 30.1 Å². The summed E-state index contributed by atoms with van der Waals surface area (Å²) in [5.74, 6) is 1.48. The third-order valence-corrected chi connectivity index (χ3v) is 3.68. The third-order valence-electron chi connectivity index (χ3n) is 3.68. The molecular formula is C13H21ClN6O. The summed E-state index contributed by atoms with van der Waals surface area (Å²) in [6.07, 6.45) is 5.50. The molecule has 21 heavy (non-hydrogen) atoms. The number of nitrogens with zero attached hydrogens (tertiary/aromatic N) is 5. The van der Waals surface area contributed by atoms with Gasteiger partial charge in [0.05, 0.1) is 12.2 Å². The van der Waals surface area contributed by atoms with Gasteiger partial charge in [-0.2, -0.15) is 10.1 Å². The molecule has 1 aliphatic heterocycles. The van der Waals surface area contributed by atoms with Crippen LogP contribution in [0.25, 0.3) is 0 Å². The Labute approximate surface area is 130 Å². The Morgan fingerprint density at radius 1 is 1.38 bits per heavy atom. The molecule has 0 aliphatic carbocycles. The maximum Gasteiger partial charge on any atom is 0.227 e. The molecule has 0 amide bonds. The second-order valence-electron chi connectivity index (χ2n) is 5.27. The van der Waals surface area contributed by atoms with Gasteiger partial charge in [0.25, 0.3) is 0 Å². The van der Waals surface area contributed by atoms with Crippen LogP contribution in [-0.4, -0.2) is 51.5 Å². The van der Waals surface area contributed by atoms with Crippen molar-refractivity contribution in [3.8, 4) is 0 Å². The highest BCUT2D eigenvalue weighted by Crippen LogP contribution is 2.18. The number of aryl methyl sites for hydroxylation is 3. The van der Waals surface area contributed by atoms with Gasteiger partial charge in [-0.25, -0.2) is 0 Å². The molecule has 8 heteroatoms. The van der Waals surface area contributed by atoms with Gasteiger partial charge in [-0.05, 0) is 19.0 Å². The first-order valence-electron chi connectivity index (χ1n) is 6.93. The molecule has 0 saturated carbocycles. The van der Waals surface area contributed by atoms with Crippen LogP contribution in [0.5, 0.6) is 0 Å². The van der Waals surface area contributed by atoms with Crippen molar-refractivity contribution in [3.05, 3.63) is 29.7 Å². The molecular weight excluding hydrogens is 292 g/mol. The van der Waals surface area contributed by atoms with Crippen LogP contribution in [0.15, 0.2) is 16.9 Å². The molecule has 116 valence electrons. The Kier molecular flexibility index (Phi) is 5.33. The molecule has 1 saturated heterocycles. The van der Waals surface area contributed by atoms with Crippen LogP contribution < -0.4 is 5.32 Å². The Bertz CT molecular complexity index is 569. The summed E-state index contributed by atoms with van der Waals surface area (Å²) in [6, 6.07) is 0.208. The van der Waals surface area contributed by atoms with Gasteiger partial charge in [0, 0.05) is 39.3 Å². The molecule has 7 nitrogen and oxygen atoms in total. The quantitative estimate of drug-likeness (QED) is 0.891. The maximum absolute atomic E-state index is 5.35. The molecule has 1 atom stereocenters. The predicted octanol–water partition coefficient (Wildman–Crippen LogP) is 0.586. The number of hydrogen-bond donors (Lipinski definition) is 1. The fourth-order valence-electron chi connectivity index (χ4n) is 2.45. The highest BCUT2D eigenvalue weighted by atomic mass is 35.5. The second kappa shape index (κ2) is 7.02. The normalized spacial score (nSPS) is 19.4. The Morgan fingerprint density at radius 3 is 2.95 bits per heavy atom. The van der Waals surface area contributed by atoms with E-state index in [0.717, 1.165) is 38.3 Å². The molecule has 0 spiro atoms. The monoisotopic (exact) mass is 312 g/mol. The van der Waals surface area contributed by atoms with Crippen LogP contribution in [0.3, 0.4) is 0 Å². The summed E-state index contributed by atoms with van der Waals surface area (Å²) >= 11 is 0. The number of hydrogen-bond acceptors (Lipinski definition) is 6. The SMILES string of the molecule is CN1CCNCC1c1noc(CCc2cnn(C)c2)n1.Cl. The van der Waals surface area contributed by atoms with Gasteiger partial charge >= 0.3 is 0 Å². The molecule has 0 radical (unpaired) electrons. The highest BCUT2D eigenvalue weighted by molar-refractivity contribution is 5.85. The average Bonchev–Trinajstić information content (AvgIpc) is 3.06. The molecule has 1 fully saturated rings. The summed E-state index contributed by atoms with van der Waals surface area (Å²) in [6.45, 7) is 2.89. The van der Waals surface area contributed by atoms with Crippen molar-refractivity contribution < 1.29 is 4.52 Å². The summed E-state index contributed by atoms with van der Waals surface area (Å²) in [7, 11) is 4.01. The number of piperazine rings is 1. The Morgan fingerprint density at radius 2 is 2.24 bits per heavy atom. The van der Waals surface area contributed by atoms with Gasteiger partial charge < -0.3 is 9.84 Å². The number of nitrogens with one attached hydrogen (secondary N) is 1. The minimum Gasteiger partial charge on any atom is -0.339 e. The van der Waals surface area contributed by atoms with E-state index in [0.29, 0.717) is 5.89 Å². The third kappa shape index (κ3) is 3.81. The topological polar surface area (TPSA) is 72.0 Å². The first-order chi connectivity index (χ1) is 9.72. The van der Waals surface area contributed by atoms with E-state index in [-0.39, 0.29) is 18.4 Å². The lowest BCUT2D eigenvalue weighted by atomic mass is 10.2. The minimum atomic E-state index is 0. The van der Waals surface area contributed by atoms with Crippen LogP contribution >= 0.6 is 12.4 Å². The molecule has 3 heterocycles. The smallest absolute Gasteiger partial charge is 0.227 e. The van der Waals surface area contributed by atoms with Gasteiger partial charge in [0.1, 0.15) is 0 Å². The lowest BCUT2D eigenvalue weighted by Gasteiger charge is -2.30. The average molecular weight is 313 g/mol. The summed E-state index contributed by atoms with van der Waals surface area (Å²) in [5.41, 5.74) is 1.18. The van der Waals surface area contributed by atoms with E-state index >= 15 is 0 Å². The van der Waals surface area contributed by atoms with E-state index in [9.17, 15) is 0 Å².